The van der Waals surface area contributed by atoms with Crippen LogP contribution < -0.4 is 10.2 Å². The Balaban J connectivity index is 2.12. The zero-order chi connectivity index (χ0) is 18.2. The molecule has 0 bridgehead atoms. The first-order chi connectivity index (χ1) is 11.8. The molecule has 7 heteroatoms. The number of amides is 1. The standard InChI is InChI=1S/C18H21N5O2/c1-11(24)21-18(2,3)17-20-16(25-22-17)13-10-15(23(4)5)19-14-9-7-6-8-12(13)14/h6-10H,1-5H3,(H,21,24). The third kappa shape index (κ3) is 3.31. The number of aromatic nitrogens is 3. The molecule has 0 aliphatic heterocycles. The van der Waals surface area contributed by atoms with Crippen molar-refractivity contribution >= 4 is 22.6 Å². The van der Waals surface area contributed by atoms with Gasteiger partial charge in [-0.3, -0.25) is 4.79 Å². The fraction of sp³-hybridized carbons (Fsp3) is 0.333. The molecule has 0 aliphatic carbocycles. The number of nitrogens with zero attached hydrogens (tertiary/aromatic N) is 4. The number of nitrogens with one attached hydrogen (secondary N) is 1. The monoisotopic (exact) mass is 339 g/mol. The van der Waals surface area contributed by atoms with Crippen LogP contribution in [0.5, 0.6) is 0 Å². The molecule has 0 saturated carbocycles. The van der Waals surface area contributed by atoms with Crippen LogP contribution in [0.3, 0.4) is 0 Å². The van der Waals surface area contributed by atoms with Crippen molar-refractivity contribution in [3.8, 4) is 11.5 Å². The van der Waals surface area contributed by atoms with Gasteiger partial charge in [-0.25, -0.2) is 4.98 Å². The Morgan fingerprint density at radius 3 is 2.60 bits per heavy atom. The van der Waals surface area contributed by atoms with Crippen molar-refractivity contribution in [3.63, 3.8) is 0 Å². The first-order valence-corrected chi connectivity index (χ1v) is 7.98. The van der Waals surface area contributed by atoms with E-state index in [4.69, 9.17) is 4.52 Å². The van der Waals surface area contributed by atoms with Crippen LogP contribution in [-0.4, -0.2) is 35.1 Å². The molecule has 0 fully saturated rings. The number of rotatable bonds is 4. The number of anilines is 1. The largest absolute Gasteiger partial charge is 0.363 e. The molecule has 0 atom stereocenters. The van der Waals surface area contributed by atoms with Gasteiger partial charge < -0.3 is 14.7 Å². The summed E-state index contributed by atoms with van der Waals surface area (Å²) in [6, 6.07) is 9.73. The number of hydrogen-bond donors (Lipinski definition) is 1. The van der Waals surface area contributed by atoms with Crippen molar-refractivity contribution < 1.29 is 9.32 Å². The van der Waals surface area contributed by atoms with Gasteiger partial charge in [0.1, 0.15) is 5.82 Å². The first kappa shape index (κ1) is 16.9. The fourth-order valence-corrected chi connectivity index (χ4v) is 2.65. The number of carbonyl (C=O) groups is 1. The Bertz CT molecular complexity index is 930. The van der Waals surface area contributed by atoms with E-state index in [2.05, 4.69) is 20.4 Å². The van der Waals surface area contributed by atoms with E-state index in [0.29, 0.717) is 11.7 Å². The average molecular weight is 339 g/mol. The quantitative estimate of drug-likeness (QED) is 0.787. The van der Waals surface area contributed by atoms with Gasteiger partial charge in [-0.15, -0.1) is 0 Å². The van der Waals surface area contributed by atoms with Crippen molar-refractivity contribution in [3.05, 3.63) is 36.2 Å². The van der Waals surface area contributed by atoms with Gasteiger partial charge in [0.15, 0.2) is 5.82 Å². The van der Waals surface area contributed by atoms with E-state index in [9.17, 15) is 4.79 Å². The summed E-state index contributed by atoms with van der Waals surface area (Å²) in [6.07, 6.45) is 0. The minimum absolute atomic E-state index is 0.152. The molecule has 1 aromatic carbocycles. The molecule has 2 heterocycles. The molecule has 1 amide bonds. The summed E-state index contributed by atoms with van der Waals surface area (Å²) >= 11 is 0. The predicted octanol–water partition coefficient (Wildman–Crippen LogP) is 2.72. The summed E-state index contributed by atoms with van der Waals surface area (Å²) in [5.41, 5.74) is 0.942. The summed E-state index contributed by atoms with van der Waals surface area (Å²) in [7, 11) is 3.86. The van der Waals surface area contributed by atoms with Crippen LogP contribution in [0.1, 0.15) is 26.6 Å². The second kappa shape index (κ2) is 6.16. The molecule has 2 aromatic heterocycles. The SMILES string of the molecule is CC(=O)NC(C)(C)c1noc(-c2cc(N(C)C)nc3ccccc23)n1. The first-order valence-electron chi connectivity index (χ1n) is 7.98. The highest BCUT2D eigenvalue weighted by molar-refractivity contribution is 5.94. The highest BCUT2D eigenvalue weighted by Crippen LogP contribution is 2.31. The third-order valence-electron chi connectivity index (χ3n) is 3.86. The van der Waals surface area contributed by atoms with Gasteiger partial charge in [-0.1, -0.05) is 23.4 Å². The fourth-order valence-electron chi connectivity index (χ4n) is 2.65. The lowest BCUT2D eigenvalue weighted by molar-refractivity contribution is -0.120. The zero-order valence-corrected chi connectivity index (χ0v) is 15.0. The molecule has 3 aromatic rings. The molecule has 130 valence electrons. The van der Waals surface area contributed by atoms with Gasteiger partial charge in [0, 0.05) is 26.4 Å². The van der Waals surface area contributed by atoms with Crippen molar-refractivity contribution in [2.75, 3.05) is 19.0 Å². The Labute approximate surface area is 146 Å². The molecule has 0 aliphatic rings. The molecular formula is C18H21N5O2. The lowest BCUT2D eigenvalue weighted by atomic mass is 10.0. The summed E-state index contributed by atoms with van der Waals surface area (Å²) in [5.74, 6) is 1.47. The van der Waals surface area contributed by atoms with Gasteiger partial charge >= 0.3 is 0 Å². The van der Waals surface area contributed by atoms with Gasteiger partial charge in [0.2, 0.25) is 5.91 Å². The van der Waals surface area contributed by atoms with E-state index in [-0.39, 0.29) is 5.91 Å². The number of fused-ring (bicyclic) bond motifs is 1. The smallest absolute Gasteiger partial charge is 0.258 e. The number of benzene rings is 1. The second-order valence-electron chi connectivity index (χ2n) is 6.67. The zero-order valence-electron chi connectivity index (χ0n) is 15.0. The molecule has 3 rings (SSSR count). The van der Waals surface area contributed by atoms with Crippen LogP contribution in [0.15, 0.2) is 34.9 Å². The van der Waals surface area contributed by atoms with Crippen LogP contribution in [0.25, 0.3) is 22.4 Å². The van der Waals surface area contributed by atoms with E-state index >= 15 is 0 Å². The highest BCUT2D eigenvalue weighted by atomic mass is 16.5. The number of carbonyl (C=O) groups excluding carboxylic acids is 1. The average Bonchev–Trinajstić information content (AvgIpc) is 3.03. The van der Waals surface area contributed by atoms with Crippen LogP contribution in [0.4, 0.5) is 5.82 Å². The van der Waals surface area contributed by atoms with E-state index in [0.717, 1.165) is 22.3 Å². The van der Waals surface area contributed by atoms with Crippen molar-refractivity contribution in [2.24, 2.45) is 0 Å². The molecule has 0 radical (unpaired) electrons. The summed E-state index contributed by atoms with van der Waals surface area (Å²) in [6.45, 7) is 5.13. The summed E-state index contributed by atoms with van der Waals surface area (Å²) in [4.78, 5) is 22.5. The molecule has 0 spiro atoms. The van der Waals surface area contributed by atoms with Crippen LogP contribution in [-0.2, 0) is 10.3 Å². The van der Waals surface area contributed by atoms with Gasteiger partial charge in [0.25, 0.3) is 5.89 Å². The Kier molecular flexibility index (Phi) is 4.16. The molecule has 0 saturated heterocycles. The molecular weight excluding hydrogens is 318 g/mol. The maximum atomic E-state index is 11.4. The highest BCUT2D eigenvalue weighted by Gasteiger charge is 2.28. The normalized spacial score (nSPS) is 11.6. The molecule has 1 N–H and O–H groups in total. The minimum atomic E-state index is -0.721. The summed E-state index contributed by atoms with van der Waals surface area (Å²) < 4.78 is 5.50. The van der Waals surface area contributed by atoms with Crippen molar-refractivity contribution in [1.29, 1.82) is 0 Å². The Morgan fingerprint density at radius 2 is 1.92 bits per heavy atom. The lowest BCUT2D eigenvalue weighted by Gasteiger charge is -2.20. The predicted molar refractivity (Wildman–Crippen MR) is 96.2 cm³/mol. The van der Waals surface area contributed by atoms with Gasteiger partial charge in [0.05, 0.1) is 16.6 Å². The maximum absolute atomic E-state index is 11.4. The second-order valence-corrected chi connectivity index (χ2v) is 6.67. The molecule has 0 unspecified atom stereocenters. The molecule has 7 nitrogen and oxygen atoms in total. The van der Waals surface area contributed by atoms with Crippen LogP contribution in [0.2, 0.25) is 0 Å². The molecule has 25 heavy (non-hydrogen) atoms. The van der Waals surface area contributed by atoms with E-state index < -0.39 is 5.54 Å². The van der Waals surface area contributed by atoms with Crippen LogP contribution >= 0.6 is 0 Å². The summed E-state index contributed by atoms with van der Waals surface area (Å²) in [5, 5.41) is 7.82. The van der Waals surface area contributed by atoms with Crippen molar-refractivity contribution in [2.45, 2.75) is 26.3 Å². The van der Waals surface area contributed by atoms with E-state index in [1.807, 2.05) is 63.2 Å². The Hall–Kier alpha value is -2.96. The van der Waals surface area contributed by atoms with Gasteiger partial charge in [-0.05, 0) is 26.0 Å². The third-order valence-corrected chi connectivity index (χ3v) is 3.86. The number of pyridine rings is 1. The Morgan fingerprint density at radius 1 is 1.20 bits per heavy atom. The number of hydrogen-bond acceptors (Lipinski definition) is 6. The number of para-hydroxylation sites is 1. The van der Waals surface area contributed by atoms with Crippen LogP contribution in [0, 0.1) is 0 Å². The maximum Gasteiger partial charge on any atom is 0.258 e. The van der Waals surface area contributed by atoms with Crippen molar-refractivity contribution in [1.82, 2.24) is 20.4 Å². The van der Waals surface area contributed by atoms with E-state index in [1.54, 1.807) is 0 Å². The van der Waals surface area contributed by atoms with E-state index in [1.165, 1.54) is 6.92 Å². The van der Waals surface area contributed by atoms with Gasteiger partial charge in [-0.2, -0.15) is 4.98 Å². The lowest BCUT2D eigenvalue weighted by Crippen LogP contribution is -2.40. The minimum Gasteiger partial charge on any atom is -0.363 e. The topological polar surface area (TPSA) is 84.2 Å².